The number of anilines is 3. The summed E-state index contributed by atoms with van der Waals surface area (Å²) in [6.07, 6.45) is 3.87. The Hall–Kier alpha value is -6.42. The van der Waals surface area contributed by atoms with Gasteiger partial charge in [0.15, 0.2) is 0 Å². The van der Waals surface area contributed by atoms with Crippen LogP contribution >= 0.6 is 23.1 Å². The number of amides is 4. The maximum absolute atomic E-state index is 13.8. The van der Waals surface area contributed by atoms with E-state index in [4.69, 9.17) is 0 Å². The van der Waals surface area contributed by atoms with Crippen molar-refractivity contribution in [3.05, 3.63) is 148 Å². The molecule has 0 spiro atoms. The molecule has 4 aromatic carbocycles. The number of benzene rings is 4. The van der Waals surface area contributed by atoms with Gasteiger partial charge in [-0.1, -0.05) is 67.6 Å². The lowest BCUT2D eigenvalue weighted by Gasteiger charge is -2.15. The normalized spacial score (nSPS) is 11.7. The summed E-state index contributed by atoms with van der Waals surface area (Å²) in [5.74, 6) is -1.66. The Morgan fingerprint density at radius 2 is 1.55 bits per heavy atom. The number of thioether (sulfide) groups is 1. The first-order valence-electron chi connectivity index (χ1n) is 16.7. The van der Waals surface area contributed by atoms with Crippen molar-refractivity contribution in [3.63, 3.8) is 0 Å². The van der Waals surface area contributed by atoms with Gasteiger partial charge in [-0.3, -0.25) is 19.2 Å². The molecule has 2 aromatic heterocycles. The SMILES string of the molecule is CCC(Sc1cccc(NC(=O)/C(=C/c2c[nH]c3ccccc23)NC(=O)c2ccccc2)c1)C(=O)Nc1sc(C(=O)Nc2ccccc2)c(C)c1C#N. The van der Waals surface area contributed by atoms with E-state index in [-0.39, 0.29) is 23.1 Å². The summed E-state index contributed by atoms with van der Waals surface area (Å²) in [4.78, 5) is 57.8. The van der Waals surface area contributed by atoms with Crippen LogP contribution in [0.5, 0.6) is 0 Å². The summed E-state index contributed by atoms with van der Waals surface area (Å²) < 4.78 is 0. The highest BCUT2D eigenvalue weighted by atomic mass is 32.2. The molecule has 6 aromatic rings. The van der Waals surface area contributed by atoms with Gasteiger partial charge in [0.1, 0.15) is 16.8 Å². The molecule has 2 heterocycles. The Morgan fingerprint density at radius 1 is 0.849 bits per heavy atom. The van der Waals surface area contributed by atoms with Crippen molar-refractivity contribution in [2.24, 2.45) is 0 Å². The van der Waals surface area contributed by atoms with E-state index in [1.54, 1.807) is 79.9 Å². The van der Waals surface area contributed by atoms with Gasteiger partial charge >= 0.3 is 0 Å². The fraction of sp³-hybridized carbons (Fsp3) is 0.0976. The molecule has 0 bridgehead atoms. The molecular formula is C41H34N6O4S2. The Labute approximate surface area is 314 Å². The minimum Gasteiger partial charge on any atom is -0.361 e. The van der Waals surface area contributed by atoms with E-state index in [1.807, 2.05) is 55.5 Å². The Morgan fingerprint density at radius 3 is 2.28 bits per heavy atom. The first kappa shape index (κ1) is 36.4. The first-order valence-corrected chi connectivity index (χ1v) is 18.4. The number of aromatic amines is 1. The molecule has 0 aliphatic heterocycles. The molecule has 0 aliphatic carbocycles. The first-order chi connectivity index (χ1) is 25.7. The van der Waals surface area contributed by atoms with Crippen molar-refractivity contribution in [1.29, 1.82) is 5.26 Å². The maximum Gasteiger partial charge on any atom is 0.272 e. The predicted octanol–water partition coefficient (Wildman–Crippen LogP) is 8.58. The van der Waals surface area contributed by atoms with Crippen LogP contribution < -0.4 is 21.3 Å². The van der Waals surface area contributed by atoms with Gasteiger partial charge in [0, 0.05) is 44.5 Å². The molecule has 0 saturated heterocycles. The van der Waals surface area contributed by atoms with Crippen molar-refractivity contribution < 1.29 is 19.2 Å². The van der Waals surface area contributed by atoms with Gasteiger partial charge in [0.2, 0.25) is 5.91 Å². The van der Waals surface area contributed by atoms with Gasteiger partial charge in [-0.2, -0.15) is 5.26 Å². The van der Waals surface area contributed by atoms with Crippen molar-refractivity contribution in [3.8, 4) is 6.07 Å². The number of hydrogen-bond acceptors (Lipinski definition) is 7. The third-order valence-corrected chi connectivity index (χ3v) is 10.8. The monoisotopic (exact) mass is 738 g/mol. The Balaban J connectivity index is 1.17. The van der Waals surface area contributed by atoms with Crippen LogP contribution in [-0.2, 0) is 9.59 Å². The van der Waals surface area contributed by atoms with E-state index < -0.39 is 17.1 Å². The second-order valence-corrected chi connectivity index (χ2v) is 14.1. The highest BCUT2D eigenvalue weighted by molar-refractivity contribution is 8.00. The van der Waals surface area contributed by atoms with E-state index in [0.29, 0.717) is 43.7 Å². The van der Waals surface area contributed by atoms with Crippen LogP contribution in [0.15, 0.2) is 126 Å². The standard InChI is InChI=1S/C41H34N6O4S2/c1-3-35(39(50)47-41-32(23-42)25(2)36(53-41)40(51)44-28-15-8-5-9-16-28)52-30-18-12-17-29(22-30)45-38(49)34(46-37(48)26-13-6-4-7-14-26)21-27-24-43-33-20-11-10-19-31(27)33/h4-22,24,35,43H,3H2,1-2H3,(H,44,51)(H,45,49)(H,46,48)(H,47,50)/b34-21-. The van der Waals surface area contributed by atoms with Crippen molar-refractivity contribution in [2.45, 2.75) is 30.4 Å². The lowest BCUT2D eigenvalue weighted by Crippen LogP contribution is -2.30. The van der Waals surface area contributed by atoms with E-state index in [0.717, 1.165) is 27.8 Å². The van der Waals surface area contributed by atoms with E-state index >= 15 is 0 Å². The molecule has 0 fully saturated rings. The average molecular weight is 739 g/mol. The number of aromatic nitrogens is 1. The summed E-state index contributed by atoms with van der Waals surface area (Å²) in [6, 6.07) is 34.5. The van der Waals surface area contributed by atoms with Gasteiger partial charge in [-0.05, 0) is 73.5 Å². The van der Waals surface area contributed by atoms with Crippen molar-refractivity contribution in [2.75, 3.05) is 16.0 Å². The Kier molecular flexibility index (Phi) is 11.5. The molecule has 264 valence electrons. The maximum atomic E-state index is 13.8. The Bertz CT molecular complexity index is 2380. The van der Waals surface area contributed by atoms with Crippen LogP contribution in [0.4, 0.5) is 16.4 Å². The highest BCUT2D eigenvalue weighted by Crippen LogP contribution is 2.35. The largest absolute Gasteiger partial charge is 0.361 e. The van der Waals surface area contributed by atoms with Gasteiger partial charge in [-0.25, -0.2) is 0 Å². The zero-order chi connectivity index (χ0) is 37.3. The van der Waals surface area contributed by atoms with E-state index in [2.05, 4.69) is 32.3 Å². The smallest absolute Gasteiger partial charge is 0.272 e. The number of fused-ring (bicyclic) bond motifs is 1. The number of para-hydroxylation sites is 2. The highest BCUT2D eigenvalue weighted by Gasteiger charge is 2.25. The minimum absolute atomic E-state index is 0.0452. The minimum atomic E-state index is -0.556. The number of nitriles is 1. The number of nitrogens with one attached hydrogen (secondary N) is 5. The second kappa shape index (κ2) is 16.7. The third kappa shape index (κ3) is 8.73. The number of carbonyl (C=O) groups excluding carboxylic acids is 4. The van der Waals surface area contributed by atoms with E-state index in [9.17, 15) is 24.4 Å². The fourth-order valence-corrected chi connectivity index (χ4v) is 7.57. The van der Waals surface area contributed by atoms with Gasteiger partial charge in [-0.15, -0.1) is 23.1 Å². The summed E-state index contributed by atoms with van der Waals surface area (Å²) in [5, 5.41) is 21.9. The molecule has 0 radical (unpaired) electrons. The molecule has 0 saturated carbocycles. The van der Waals surface area contributed by atoms with Gasteiger partial charge in [0.05, 0.1) is 15.7 Å². The summed E-state index contributed by atoms with van der Waals surface area (Å²) in [5.41, 5.74) is 3.87. The number of thiophene rings is 1. The number of rotatable bonds is 12. The summed E-state index contributed by atoms with van der Waals surface area (Å²) >= 11 is 2.36. The lowest BCUT2D eigenvalue weighted by molar-refractivity contribution is -0.116. The molecule has 0 aliphatic rings. The molecule has 1 atom stereocenters. The van der Waals surface area contributed by atoms with Crippen LogP contribution in [0, 0.1) is 18.3 Å². The van der Waals surface area contributed by atoms with E-state index in [1.165, 1.54) is 11.8 Å². The fourth-order valence-electron chi connectivity index (χ4n) is 5.50. The van der Waals surface area contributed by atoms with Gasteiger partial charge < -0.3 is 26.3 Å². The third-order valence-electron chi connectivity index (χ3n) is 8.22. The molecule has 4 amide bonds. The molecule has 5 N–H and O–H groups in total. The lowest BCUT2D eigenvalue weighted by atomic mass is 10.1. The zero-order valence-corrected chi connectivity index (χ0v) is 30.4. The molecule has 10 nitrogen and oxygen atoms in total. The molecule has 1 unspecified atom stereocenters. The second-order valence-electron chi connectivity index (χ2n) is 11.8. The molecule has 6 rings (SSSR count). The van der Waals surface area contributed by atoms with Crippen LogP contribution in [0.3, 0.4) is 0 Å². The zero-order valence-electron chi connectivity index (χ0n) is 28.7. The number of nitrogens with zero attached hydrogens (tertiary/aromatic N) is 1. The van der Waals surface area contributed by atoms with Crippen molar-refractivity contribution in [1.82, 2.24) is 10.3 Å². The number of carbonyl (C=O) groups is 4. The van der Waals surface area contributed by atoms with Crippen molar-refractivity contribution >= 4 is 80.1 Å². The molecular weight excluding hydrogens is 705 g/mol. The average Bonchev–Trinajstić information content (AvgIpc) is 3.73. The number of hydrogen-bond donors (Lipinski definition) is 5. The van der Waals surface area contributed by atoms with Crippen LogP contribution in [0.1, 0.15) is 50.1 Å². The van der Waals surface area contributed by atoms with Gasteiger partial charge in [0.25, 0.3) is 17.7 Å². The number of H-pyrrole nitrogens is 1. The summed E-state index contributed by atoms with van der Waals surface area (Å²) in [7, 11) is 0. The molecule has 53 heavy (non-hydrogen) atoms. The summed E-state index contributed by atoms with van der Waals surface area (Å²) in [6.45, 7) is 3.56. The topological polar surface area (TPSA) is 156 Å². The van der Waals surface area contributed by atoms with Crippen LogP contribution in [-0.4, -0.2) is 33.9 Å². The van der Waals surface area contributed by atoms with Crippen LogP contribution in [0.2, 0.25) is 0 Å². The molecule has 12 heteroatoms. The predicted molar refractivity (Wildman–Crippen MR) is 212 cm³/mol. The quantitative estimate of drug-likeness (QED) is 0.0626. The van der Waals surface area contributed by atoms with Crippen LogP contribution in [0.25, 0.3) is 17.0 Å².